The van der Waals surface area contributed by atoms with Crippen molar-refractivity contribution in [2.45, 2.75) is 12.6 Å². The number of hydrogen-bond donors (Lipinski definition) is 1. The first-order valence-electron chi connectivity index (χ1n) is 5.36. The Labute approximate surface area is 90.8 Å². The monoisotopic (exact) mass is 203 g/mol. The topological polar surface area (TPSA) is 23.5 Å². The Bertz CT molecular complexity index is 323. The van der Waals surface area contributed by atoms with Crippen LogP contribution in [-0.4, -0.2) is 29.2 Å². The summed E-state index contributed by atoms with van der Waals surface area (Å²) < 4.78 is 0. The molecule has 2 nitrogen and oxygen atoms in total. The second kappa shape index (κ2) is 4.60. The van der Waals surface area contributed by atoms with Crippen molar-refractivity contribution in [3.05, 3.63) is 48.6 Å². The summed E-state index contributed by atoms with van der Waals surface area (Å²) >= 11 is 0. The van der Waals surface area contributed by atoms with Gasteiger partial charge in [0.1, 0.15) is 0 Å². The quantitative estimate of drug-likeness (QED) is 0.755. The smallest absolute Gasteiger partial charge is 0.0741 e. The van der Waals surface area contributed by atoms with Crippen LogP contribution in [0.2, 0.25) is 0 Å². The van der Waals surface area contributed by atoms with E-state index in [2.05, 4.69) is 23.6 Å². The van der Waals surface area contributed by atoms with Gasteiger partial charge in [0, 0.05) is 25.6 Å². The molecular formula is C13H17NO. The van der Waals surface area contributed by atoms with Crippen molar-refractivity contribution < 1.29 is 5.11 Å². The molecule has 2 heteroatoms. The Morgan fingerprint density at radius 2 is 2.07 bits per heavy atom. The van der Waals surface area contributed by atoms with Gasteiger partial charge < -0.3 is 5.11 Å². The van der Waals surface area contributed by atoms with Gasteiger partial charge in [0.15, 0.2) is 0 Å². The van der Waals surface area contributed by atoms with E-state index < -0.39 is 0 Å². The first kappa shape index (κ1) is 10.4. The molecule has 0 aliphatic carbocycles. The van der Waals surface area contributed by atoms with Crippen LogP contribution >= 0.6 is 0 Å². The highest BCUT2D eigenvalue weighted by Crippen LogP contribution is 2.19. The van der Waals surface area contributed by atoms with Crippen LogP contribution in [-0.2, 0) is 6.54 Å². The number of aliphatic hydroxyl groups excluding tert-OH is 1. The molecule has 1 aliphatic rings. The fourth-order valence-corrected chi connectivity index (χ4v) is 2.10. The molecule has 1 saturated heterocycles. The Hall–Kier alpha value is -1.12. The molecule has 1 aliphatic heterocycles. The highest BCUT2D eigenvalue weighted by molar-refractivity contribution is 5.15. The third-order valence-electron chi connectivity index (χ3n) is 2.96. The zero-order valence-corrected chi connectivity index (χ0v) is 8.84. The molecule has 2 rings (SSSR count). The molecule has 0 unspecified atom stereocenters. The molecule has 80 valence electrons. The van der Waals surface area contributed by atoms with Crippen LogP contribution in [0.15, 0.2) is 43.0 Å². The normalized spacial score (nSPS) is 26.7. The minimum Gasteiger partial charge on any atom is -0.391 e. The predicted octanol–water partition coefficient (Wildman–Crippen LogP) is 1.67. The summed E-state index contributed by atoms with van der Waals surface area (Å²) in [4.78, 5) is 2.27. The van der Waals surface area contributed by atoms with Gasteiger partial charge in [0.2, 0.25) is 0 Å². The second-order valence-corrected chi connectivity index (χ2v) is 4.15. The summed E-state index contributed by atoms with van der Waals surface area (Å²) in [5, 5.41) is 9.72. The minimum atomic E-state index is -0.244. The molecule has 1 aromatic rings. The molecule has 2 atom stereocenters. The van der Waals surface area contributed by atoms with E-state index in [0.29, 0.717) is 0 Å². The summed E-state index contributed by atoms with van der Waals surface area (Å²) in [6.45, 7) is 6.34. The summed E-state index contributed by atoms with van der Waals surface area (Å²) in [5.74, 6) is 0.230. The molecular weight excluding hydrogens is 186 g/mol. The molecule has 1 fully saturated rings. The number of rotatable bonds is 3. The van der Waals surface area contributed by atoms with E-state index in [1.54, 1.807) is 0 Å². The van der Waals surface area contributed by atoms with Crippen molar-refractivity contribution in [3.63, 3.8) is 0 Å². The van der Waals surface area contributed by atoms with Crippen molar-refractivity contribution in [1.29, 1.82) is 0 Å². The predicted molar refractivity (Wildman–Crippen MR) is 61.4 cm³/mol. The van der Waals surface area contributed by atoms with Gasteiger partial charge in [-0.2, -0.15) is 0 Å². The zero-order valence-electron chi connectivity index (χ0n) is 8.84. The van der Waals surface area contributed by atoms with Crippen LogP contribution in [0.1, 0.15) is 5.56 Å². The summed E-state index contributed by atoms with van der Waals surface area (Å²) in [6, 6.07) is 10.4. The van der Waals surface area contributed by atoms with Crippen LogP contribution in [0.3, 0.4) is 0 Å². The molecule has 15 heavy (non-hydrogen) atoms. The van der Waals surface area contributed by atoms with E-state index >= 15 is 0 Å². The number of likely N-dealkylation sites (tertiary alicyclic amines) is 1. The highest BCUT2D eigenvalue weighted by atomic mass is 16.3. The fourth-order valence-electron chi connectivity index (χ4n) is 2.10. The third-order valence-corrected chi connectivity index (χ3v) is 2.96. The lowest BCUT2D eigenvalue weighted by molar-refractivity contribution is 0.156. The maximum Gasteiger partial charge on any atom is 0.0741 e. The SMILES string of the molecule is C=C[C@@H]1CN(Cc2ccccc2)C[C@@H]1O. The van der Waals surface area contributed by atoms with Crippen molar-refractivity contribution in [3.8, 4) is 0 Å². The molecule has 1 heterocycles. The Kier molecular flexibility index (Phi) is 3.19. The summed E-state index contributed by atoms with van der Waals surface area (Å²) in [5.41, 5.74) is 1.30. The molecule has 0 bridgehead atoms. The molecule has 0 radical (unpaired) electrons. The van der Waals surface area contributed by atoms with Gasteiger partial charge in [-0.3, -0.25) is 4.90 Å². The van der Waals surface area contributed by atoms with E-state index in [9.17, 15) is 5.11 Å². The van der Waals surface area contributed by atoms with E-state index in [1.165, 1.54) is 5.56 Å². The Morgan fingerprint density at radius 1 is 1.33 bits per heavy atom. The number of benzene rings is 1. The van der Waals surface area contributed by atoms with E-state index in [1.807, 2.05) is 24.3 Å². The average Bonchev–Trinajstić information content (AvgIpc) is 2.60. The van der Waals surface area contributed by atoms with Crippen molar-refractivity contribution in [2.75, 3.05) is 13.1 Å². The number of β-amino-alcohol motifs (C(OH)–C–C–N with tert-alkyl or cyclic N) is 1. The lowest BCUT2D eigenvalue weighted by atomic mass is 10.1. The van der Waals surface area contributed by atoms with Crippen molar-refractivity contribution in [1.82, 2.24) is 4.90 Å². The first-order chi connectivity index (χ1) is 7.29. The Morgan fingerprint density at radius 3 is 2.67 bits per heavy atom. The van der Waals surface area contributed by atoms with E-state index in [-0.39, 0.29) is 12.0 Å². The van der Waals surface area contributed by atoms with Gasteiger partial charge in [0.25, 0.3) is 0 Å². The maximum absolute atomic E-state index is 9.72. The third kappa shape index (κ3) is 2.46. The lowest BCUT2D eigenvalue weighted by Gasteiger charge is -2.14. The first-order valence-corrected chi connectivity index (χ1v) is 5.36. The van der Waals surface area contributed by atoms with Crippen LogP contribution in [0, 0.1) is 5.92 Å². The maximum atomic E-state index is 9.72. The largest absolute Gasteiger partial charge is 0.391 e. The lowest BCUT2D eigenvalue weighted by Crippen LogP contribution is -2.21. The summed E-state index contributed by atoms with van der Waals surface area (Å²) in [7, 11) is 0. The van der Waals surface area contributed by atoms with Crippen LogP contribution in [0.25, 0.3) is 0 Å². The van der Waals surface area contributed by atoms with Gasteiger partial charge in [-0.1, -0.05) is 36.4 Å². The molecule has 0 spiro atoms. The van der Waals surface area contributed by atoms with Crippen LogP contribution in [0.5, 0.6) is 0 Å². The van der Waals surface area contributed by atoms with Gasteiger partial charge in [-0.05, 0) is 5.56 Å². The minimum absolute atomic E-state index is 0.230. The second-order valence-electron chi connectivity index (χ2n) is 4.15. The molecule has 1 N–H and O–H groups in total. The van der Waals surface area contributed by atoms with E-state index in [4.69, 9.17) is 0 Å². The van der Waals surface area contributed by atoms with Gasteiger partial charge in [0.05, 0.1) is 6.10 Å². The summed E-state index contributed by atoms with van der Waals surface area (Å²) in [6.07, 6.45) is 1.61. The number of aliphatic hydroxyl groups is 1. The molecule has 0 aromatic heterocycles. The zero-order chi connectivity index (χ0) is 10.7. The number of hydrogen-bond acceptors (Lipinski definition) is 2. The number of nitrogens with zero attached hydrogens (tertiary/aromatic N) is 1. The van der Waals surface area contributed by atoms with Crippen molar-refractivity contribution in [2.24, 2.45) is 5.92 Å². The standard InChI is InChI=1S/C13H17NO/c1-2-12-9-14(10-13(12)15)8-11-6-4-3-5-7-11/h2-7,12-13,15H,1,8-10H2/t12-,13+/m1/s1. The molecule has 1 aromatic carbocycles. The Balaban J connectivity index is 1.95. The van der Waals surface area contributed by atoms with E-state index in [0.717, 1.165) is 19.6 Å². The average molecular weight is 203 g/mol. The molecule has 0 saturated carbocycles. The van der Waals surface area contributed by atoms with Crippen LogP contribution < -0.4 is 0 Å². The van der Waals surface area contributed by atoms with Crippen molar-refractivity contribution >= 4 is 0 Å². The van der Waals surface area contributed by atoms with Gasteiger partial charge in [-0.25, -0.2) is 0 Å². The van der Waals surface area contributed by atoms with Gasteiger partial charge >= 0.3 is 0 Å². The fraction of sp³-hybridized carbons (Fsp3) is 0.385. The van der Waals surface area contributed by atoms with Crippen LogP contribution in [0.4, 0.5) is 0 Å². The van der Waals surface area contributed by atoms with Gasteiger partial charge in [-0.15, -0.1) is 6.58 Å². The molecule has 0 amide bonds. The highest BCUT2D eigenvalue weighted by Gasteiger charge is 2.28.